The lowest BCUT2D eigenvalue weighted by Crippen LogP contribution is -2.41. The van der Waals surface area contributed by atoms with Gasteiger partial charge in [0.25, 0.3) is 5.91 Å². The lowest BCUT2D eigenvalue weighted by Gasteiger charge is -2.32. The molecule has 0 bridgehead atoms. The Hall–Kier alpha value is -3.22. The quantitative estimate of drug-likeness (QED) is 0.870. The van der Waals surface area contributed by atoms with Crippen molar-refractivity contribution in [2.24, 2.45) is 0 Å². The van der Waals surface area contributed by atoms with E-state index in [1.54, 1.807) is 35.4 Å². The van der Waals surface area contributed by atoms with E-state index in [4.69, 9.17) is 0 Å². The summed E-state index contributed by atoms with van der Waals surface area (Å²) >= 11 is 0. The highest BCUT2D eigenvalue weighted by atomic mass is 16.2. The molecule has 0 spiro atoms. The summed E-state index contributed by atoms with van der Waals surface area (Å²) in [7, 11) is 0. The van der Waals surface area contributed by atoms with Gasteiger partial charge in [-0.1, -0.05) is 6.07 Å². The molecule has 2 aromatic rings. The first-order valence-corrected chi connectivity index (χ1v) is 9.92. The zero-order valence-corrected chi connectivity index (χ0v) is 16.4. The summed E-state index contributed by atoms with van der Waals surface area (Å²) in [6.07, 6.45) is 3.77. The number of nitrogens with zero attached hydrogens (tertiary/aromatic N) is 3. The van der Waals surface area contributed by atoms with Crippen molar-refractivity contribution in [3.63, 3.8) is 0 Å². The summed E-state index contributed by atoms with van der Waals surface area (Å²) in [5.41, 5.74) is 2.84. The van der Waals surface area contributed by atoms with Gasteiger partial charge in [0.05, 0.1) is 11.6 Å². The second kappa shape index (κ2) is 8.03. The van der Waals surface area contributed by atoms with Gasteiger partial charge in [-0.05, 0) is 48.7 Å². The summed E-state index contributed by atoms with van der Waals surface area (Å²) in [6.45, 7) is 3.88. The first-order valence-electron chi connectivity index (χ1n) is 9.92. The van der Waals surface area contributed by atoms with Crippen LogP contribution in [0, 0.1) is 0 Å². The number of pyridine rings is 1. The molecule has 1 saturated heterocycles. The van der Waals surface area contributed by atoms with Crippen LogP contribution in [0.25, 0.3) is 0 Å². The van der Waals surface area contributed by atoms with Crippen LogP contribution in [0.4, 0.5) is 5.69 Å². The molecule has 3 heterocycles. The number of carbonyl (C=O) groups is 3. The predicted molar refractivity (Wildman–Crippen MR) is 108 cm³/mol. The maximum Gasteiger partial charge on any atom is 0.253 e. The van der Waals surface area contributed by atoms with Crippen LogP contribution in [-0.4, -0.2) is 52.1 Å². The van der Waals surface area contributed by atoms with Gasteiger partial charge < -0.3 is 15.1 Å². The normalized spacial score (nSPS) is 18.3. The Morgan fingerprint density at radius 1 is 1.03 bits per heavy atom. The number of rotatable bonds is 3. The van der Waals surface area contributed by atoms with E-state index in [9.17, 15) is 14.4 Å². The van der Waals surface area contributed by atoms with Crippen LogP contribution in [-0.2, 0) is 16.1 Å². The van der Waals surface area contributed by atoms with Crippen LogP contribution in [0.1, 0.15) is 47.3 Å². The largest absolute Gasteiger partial charge is 0.339 e. The van der Waals surface area contributed by atoms with Crippen LogP contribution in [0.15, 0.2) is 42.6 Å². The first-order chi connectivity index (χ1) is 14.0. The van der Waals surface area contributed by atoms with E-state index in [0.717, 1.165) is 31.5 Å². The van der Waals surface area contributed by atoms with E-state index in [1.807, 2.05) is 17.0 Å². The average Bonchev–Trinajstić information content (AvgIpc) is 3.27. The van der Waals surface area contributed by atoms with Gasteiger partial charge in [-0.3, -0.25) is 19.4 Å². The van der Waals surface area contributed by atoms with E-state index >= 15 is 0 Å². The smallest absolute Gasteiger partial charge is 0.253 e. The van der Waals surface area contributed by atoms with Crippen LogP contribution in [0.5, 0.6) is 0 Å². The molecular weight excluding hydrogens is 368 g/mol. The second-order valence-corrected chi connectivity index (χ2v) is 7.57. The topological polar surface area (TPSA) is 82.6 Å². The third-order valence-electron chi connectivity index (χ3n) is 5.57. The van der Waals surface area contributed by atoms with E-state index < -0.39 is 5.92 Å². The third-order valence-corrected chi connectivity index (χ3v) is 5.57. The van der Waals surface area contributed by atoms with Crippen molar-refractivity contribution in [3.8, 4) is 0 Å². The molecule has 1 aromatic heterocycles. The van der Waals surface area contributed by atoms with Gasteiger partial charge in [-0.2, -0.15) is 0 Å². The number of likely N-dealkylation sites (tertiary alicyclic amines) is 1. The standard InChI is InChI=1S/C22H24N4O3/c1-15(27)26-13-17-5-4-10-23-20(17)19(14-26)21(28)24-18-8-6-16(7-9-18)22(29)25-11-2-3-12-25/h4-10,19H,2-3,11-14H2,1H3,(H,24,28). The number of benzene rings is 1. The summed E-state index contributed by atoms with van der Waals surface area (Å²) in [6, 6.07) is 10.7. The predicted octanol–water partition coefficient (Wildman–Crippen LogP) is 2.40. The van der Waals surface area contributed by atoms with Gasteiger partial charge in [-0.25, -0.2) is 0 Å². The fourth-order valence-electron chi connectivity index (χ4n) is 3.95. The molecule has 7 heteroatoms. The van der Waals surface area contributed by atoms with Gasteiger partial charge >= 0.3 is 0 Å². The van der Waals surface area contributed by atoms with Crippen LogP contribution >= 0.6 is 0 Å². The molecule has 1 N–H and O–H groups in total. The van der Waals surface area contributed by atoms with Crippen LogP contribution in [0.2, 0.25) is 0 Å². The molecule has 1 fully saturated rings. The van der Waals surface area contributed by atoms with Crippen LogP contribution in [0.3, 0.4) is 0 Å². The van der Waals surface area contributed by atoms with Crippen molar-refractivity contribution in [3.05, 3.63) is 59.4 Å². The van der Waals surface area contributed by atoms with E-state index in [0.29, 0.717) is 30.0 Å². The molecule has 7 nitrogen and oxygen atoms in total. The Labute approximate surface area is 169 Å². The maximum atomic E-state index is 13.0. The molecule has 4 rings (SSSR count). The van der Waals surface area contributed by atoms with Gasteiger partial charge in [0.15, 0.2) is 0 Å². The second-order valence-electron chi connectivity index (χ2n) is 7.57. The minimum absolute atomic E-state index is 0.0304. The Morgan fingerprint density at radius 2 is 1.76 bits per heavy atom. The summed E-state index contributed by atoms with van der Waals surface area (Å²) in [5, 5.41) is 2.91. The highest BCUT2D eigenvalue weighted by Crippen LogP contribution is 2.28. The number of hydrogen-bond acceptors (Lipinski definition) is 4. The van der Waals surface area contributed by atoms with Crippen molar-refractivity contribution >= 4 is 23.4 Å². The number of aromatic nitrogens is 1. The Balaban J connectivity index is 1.48. The Kier molecular flexibility index (Phi) is 5.29. The van der Waals surface area contributed by atoms with Crippen molar-refractivity contribution in [2.45, 2.75) is 32.2 Å². The number of nitrogens with one attached hydrogen (secondary N) is 1. The molecule has 29 heavy (non-hydrogen) atoms. The number of fused-ring (bicyclic) bond motifs is 1. The lowest BCUT2D eigenvalue weighted by molar-refractivity contribution is -0.131. The average molecular weight is 392 g/mol. The van der Waals surface area contributed by atoms with Gasteiger partial charge in [0.1, 0.15) is 0 Å². The molecule has 2 aliphatic rings. The van der Waals surface area contributed by atoms with E-state index in [2.05, 4.69) is 10.3 Å². The molecule has 150 valence electrons. The first kappa shape index (κ1) is 19.1. The minimum Gasteiger partial charge on any atom is -0.339 e. The zero-order valence-electron chi connectivity index (χ0n) is 16.4. The number of anilines is 1. The van der Waals surface area contributed by atoms with Crippen LogP contribution < -0.4 is 5.32 Å². The minimum atomic E-state index is -0.533. The SMILES string of the molecule is CC(=O)N1Cc2cccnc2C(C(=O)Nc2ccc(C(=O)N3CCCC3)cc2)C1. The molecule has 0 aliphatic carbocycles. The molecule has 0 radical (unpaired) electrons. The monoisotopic (exact) mass is 392 g/mol. The number of carbonyl (C=O) groups excluding carboxylic acids is 3. The third kappa shape index (κ3) is 3.99. The molecule has 3 amide bonds. The fourth-order valence-corrected chi connectivity index (χ4v) is 3.95. The molecular formula is C22H24N4O3. The summed E-state index contributed by atoms with van der Waals surface area (Å²) in [4.78, 5) is 45.2. The molecule has 0 saturated carbocycles. The molecule has 1 atom stereocenters. The molecule has 1 aromatic carbocycles. The van der Waals surface area contributed by atoms with Gasteiger partial charge in [0, 0.05) is 50.6 Å². The summed E-state index contributed by atoms with van der Waals surface area (Å²) < 4.78 is 0. The molecule has 2 aliphatic heterocycles. The lowest BCUT2D eigenvalue weighted by atomic mass is 9.93. The summed E-state index contributed by atoms with van der Waals surface area (Å²) in [5.74, 6) is -0.783. The Bertz CT molecular complexity index is 935. The zero-order chi connectivity index (χ0) is 20.4. The fraction of sp³-hybridized carbons (Fsp3) is 0.364. The molecule has 1 unspecified atom stereocenters. The highest BCUT2D eigenvalue weighted by molar-refractivity contribution is 5.98. The van der Waals surface area contributed by atoms with E-state index in [-0.39, 0.29) is 17.7 Å². The maximum absolute atomic E-state index is 13.0. The Morgan fingerprint density at radius 3 is 2.45 bits per heavy atom. The van der Waals surface area contributed by atoms with E-state index in [1.165, 1.54) is 6.92 Å². The van der Waals surface area contributed by atoms with Gasteiger partial charge in [0.2, 0.25) is 11.8 Å². The van der Waals surface area contributed by atoms with Gasteiger partial charge in [-0.15, -0.1) is 0 Å². The van der Waals surface area contributed by atoms with Crippen molar-refractivity contribution < 1.29 is 14.4 Å². The highest BCUT2D eigenvalue weighted by Gasteiger charge is 2.32. The van der Waals surface area contributed by atoms with Crippen molar-refractivity contribution in [1.29, 1.82) is 0 Å². The van der Waals surface area contributed by atoms with Crippen molar-refractivity contribution in [2.75, 3.05) is 25.0 Å². The number of hydrogen-bond donors (Lipinski definition) is 1. The van der Waals surface area contributed by atoms with Crippen molar-refractivity contribution in [1.82, 2.24) is 14.8 Å². The number of amides is 3.